The van der Waals surface area contributed by atoms with Crippen LogP contribution in [0.15, 0.2) is 102 Å². The molecule has 0 radical (unpaired) electrons. The van der Waals surface area contributed by atoms with Crippen LogP contribution in [0, 0.1) is 0 Å². The van der Waals surface area contributed by atoms with Crippen LogP contribution >= 0.6 is 22.7 Å². The van der Waals surface area contributed by atoms with Gasteiger partial charge in [0.1, 0.15) is 6.04 Å². The number of nitrogens with zero attached hydrogens (tertiary/aromatic N) is 4. The molecule has 9 rings (SSSR count). The lowest BCUT2D eigenvalue weighted by Gasteiger charge is -2.23. The van der Waals surface area contributed by atoms with Gasteiger partial charge in [-0.15, -0.1) is 22.7 Å². The third kappa shape index (κ3) is 14.9. The fraction of sp³-hybridized carbons (Fsp3) is 0.360. The normalized spacial score (nSPS) is 13.0. The second kappa shape index (κ2) is 27.9. The molecule has 1 atom stereocenters. The van der Waals surface area contributed by atoms with Crippen molar-refractivity contribution in [2.24, 2.45) is 0 Å². The molecule has 346 valence electrons. The Morgan fingerprint density at radius 2 is 1.35 bits per heavy atom. The maximum atomic E-state index is 12.4. The first kappa shape index (κ1) is 51.5. The highest BCUT2D eigenvalue weighted by Gasteiger charge is 2.28. The van der Waals surface area contributed by atoms with Gasteiger partial charge in [0.25, 0.3) is 6.47 Å². The number of nitrogens with one attached hydrogen (secondary N) is 4. The Morgan fingerprint density at radius 1 is 0.800 bits per heavy atom. The van der Waals surface area contributed by atoms with Gasteiger partial charge < -0.3 is 35.1 Å². The van der Waals surface area contributed by atoms with Crippen molar-refractivity contribution < 1.29 is 23.9 Å². The first-order valence-corrected chi connectivity index (χ1v) is 24.0. The molecule has 2 aliphatic heterocycles. The summed E-state index contributed by atoms with van der Waals surface area (Å²) >= 11 is 3.63. The number of likely N-dealkylation sites (N-methyl/N-ethyl adjacent to an activating group) is 1. The summed E-state index contributed by atoms with van der Waals surface area (Å²) in [6.45, 7) is 14.1. The number of rotatable bonds is 9. The van der Waals surface area contributed by atoms with E-state index in [1.165, 1.54) is 64.9 Å². The van der Waals surface area contributed by atoms with Crippen molar-refractivity contribution in [1.29, 1.82) is 0 Å². The first-order valence-electron chi connectivity index (χ1n) is 22.2. The second-order valence-electron chi connectivity index (χ2n) is 14.9. The molecular weight excluding hydrogens is 857 g/mol. The number of benzene rings is 3. The van der Waals surface area contributed by atoms with E-state index in [-0.39, 0.29) is 17.7 Å². The number of hydrogen-bond acceptors (Lipinski definition) is 10. The molecule has 65 heavy (non-hydrogen) atoms. The predicted molar refractivity (Wildman–Crippen MR) is 267 cm³/mol. The van der Waals surface area contributed by atoms with Crippen LogP contribution in [0.2, 0.25) is 0 Å². The van der Waals surface area contributed by atoms with Gasteiger partial charge >= 0.3 is 0 Å². The van der Waals surface area contributed by atoms with E-state index >= 15 is 0 Å². The molecule has 1 unspecified atom stereocenters. The van der Waals surface area contributed by atoms with Crippen LogP contribution in [-0.4, -0.2) is 101 Å². The summed E-state index contributed by atoms with van der Waals surface area (Å²) in [7, 11) is 3.11. The molecule has 6 heterocycles. The highest BCUT2D eigenvalue weighted by molar-refractivity contribution is 7.27. The van der Waals surface area contributed by atoms with Crippen LogP contribution < -0.4 is 10.6 Å². The lowest BCUT2D eigenvalue weighted by Crippen LogP contribution is -2.41. The number of likely N-dealkylation sites (tertiary alicyclic amines) is 2. The van der Waals surface area contributed by atoms with E-state index in [1.807, 2.05) is 82.8 Å². The summed E-state index contributed by atoms with van der Waals surface area (Å²) in [5.41, 5.74) is 10.2. The van der Waals surface area contributed by atoms with Crippen LogP contribution in [0.4, 0.5) is 0 Å². The van der Waals surface area contributed by atoms with Crippen LogP contribution in [0.1, 0.15) is 78.3 Å². The Balaban J connectivity index is 0.000000214. The average Bonchev–Trinajstić information content (AvgIpc) is 4.20. The van der Waals surface area contributed by atoms with Gasteiger partial charge in [0.2, 0.25) is 17.7 Å². The van der Waals surface area contributed by atoms with Gasteiger partial charge in [0.15, 0.2) is 0 Å². The largest absolute Gasteiger partial charge is 0.471 e. The molecule has 0 saturated carbocycles. The third-order valence-corrected chi connectivity index (χ3v) is 12.2. The fourth-order valence-electron chi connectivity index (χ4n) is 7.05. The van der Waals surface area contributed by atoms with Gasteiger partial charge in [-0.3, -0.25) is 19.2 Å². The van der Waals surface area contributed by atoms with Crippen LogP contribution in [0.3, 0.4) is 0 Å². The summed E-state index contributed by atoms with van der Waals surface area (Å²) in [5, 5.41) is 10.1. The minimum Gasteiger partial charge on any atom is -0.471 e. The van der Waals surface area contributed by atoms with Crippen molar-refractivity contribution in [2.75, 3.05) is 46.9 Å². The Labute approximate surface area is 391 Å². The van der Waals surface area contributed by atoms with Gasteiger partial charge in [-0.2, -0.15) is 0 Å². The number of H-pyrrole nitrogens is 2. The molecule has 0 aliphatic carbocycles. The number of amides is 3. The number of carbonyl (C=O) groups is 4. The Kier molecular flexibility index (Phi) is 22.1. The van der Waals surface area contributed by atoms with Crippen molar-refractivity contribution in [1.82, 2.24) is 40.4 Å². The highest BCUT2D eigenvalue weighted by Crippen LogP contribution is 2.44. The molecule has 2 aliphatic rings. The van der Waals surface area contributed by atoms with E-state index in [4.69, 9.17) is 4.79 Å². The predicted octanol–water partition coefficient (Wildman–Crippen LogP) is 10.1. The minimum atomic E-state index is -0.554. The zero-order valence-electron chi connectivity index (χ0n) is 38.7. The van der Waals surface area contributed by atoms with Crippen molar-refractivity contribution in [3.05, 3.63) is 108 Å². The minimum absolute atomic E-state index is 0.00565. The summed E-state index contributed by atoms with van der Waals surface area (Å²) in [4.78, 5) is 62.2. The van der Waals surface area contributed by atoms with Crippen molar-refractivity contribution in [2.45, 2.75) is 72.8 Å². The summed E-state index contributed by atoms with van der Waals surface area (Å²) in [5.74, 6) is 0.0466. The maximum absolute atomic E-state index is 12.4. The fourth-order valence-corrected chi connectivity index (χ4v) is 9.51. The molecule has 4 N–H and O–H groups in total. The van der Waals surface area contributed by atoms with Crippen molar-refractivity contribution in [3.8, 4) is 33.5 Å². The molecular formula is C50H64N8O5S2. The van der Waals surface area contributed by atoms with Crippen molar-refractivity contribution >= 4 is 67.3 Å². The molecule has 3 aromatic carbocycles. The summed E-state index contributed by atoms with van der Waals surface area (Å²) in [6, 6.07) is 23.9. The Morgan fingerprint density at radius 3 is 1.89 bits per heavy atom. The molecule has 2 saturated heterocycles. The van der Waals surface area contributed by atoms with Gasteiger partial charge in [0.05, 0.1) is 58.6 Å². The van der Waals surface area contributed by atoms with E-state index in [9.17, 15) is 14.4 Å². The number of aromatic amines is 2. The lowest BCUT2D eigenvalue weighted by molar-refractivity contribution is -0.135. The van der Waals surface area contributed by atoms with Crippen LogP contribution in [0.25, 0.3) is 53.9 Å². The average molecular weight is 921 g/mol. The molecule has 2 fully saturated rings. The van der Waals surface area contributed by atoms with Gasteiger partial charge in [0, 0.05) is 55.0 Å². The Hall–Kier alpha value is -6.16. The van der Waals surface area contributed by atoms with E-state index in [0.29, 0.717) is 13.0 Å². The van der Waals surface area contributed by atoms with Crippen molar-refractivity contribution in [3.63, 3.8) is 0 Å². The van der Waals surface area contributed by atoms with E-state index < -0.39 is 6.04 Å². The molecule has 3 amide bonds. The zero-order chi connectivity index (χ0) is 47.0. The SMILES string of the molecule is CC.CC(=O)NC(C(=O)N1CCCC1)c1ccccc1.CCC.CNCC(=O)N1CCCC1.COC=O.c1ncc(-c2ccc(-c3csc4c(-c5ccc6nc[nH]c6c5)csc34)cc2)[nH]1. The van der Waals surface area contributed by atoms with Crippen LogP contribution in [-0.2, 0) is 23.9 Å². The maximum Gasteiger partial charge on any atom is 0.292 e. The molecule has 0 spiro atoms. The summed E-state index contributed by atoms with van der Waals surface area (Å²) in [6.07, 6.45) is 11.0. The second-order valence-corrected chi connectivity index (χ2v) is 16.6. The molecule has 4 aromatic heterocycles. The van der Waals surface area contributed by atoms with Gasteiger partial charge in [-0.1, -0.05) is 94.8 Å². The number of ether oxygens (including phenoxy) is 1. The molecule has 0 bridgehead atoms. The van der Waals surface area contributed by atoms with E-state index in [0.717, 1.165) is 66.9 Å². The monoisotopic (exact) mass is 920 g/mol. The number of hydrogen-bond donors (Lipinski definition) is 4. The smallest absolute Gasteiger partial charge is 0.292 e. The van der Waals surface area contributed by atoms with E-state index in [1.54, 1.807) is 19.7 Å². The standard InChI is InChI=1S/C22H14N4S2.C14H18N2O2.C7H14N2O.C3H8.C2H4O2.C2H6/c1-3-14(20-8-23-11-24-20)4-2-13(1)16-9-27-22-17(10-28-21(16)22)15-5-6-18-19(7-15)26-12-25-18;1-11(17)15-13(12-7-3-2-4-8-12)14(18)16-9-5-6-10-16;1-8-6-7(10)9-4-2-3-5-9;1-3-2;1-4-2-3;1-2/h1-12H,(H,23,24)(H,25,26);2-4,7-8,13H,5-6,9-10H2,1H3,(H,15,17);8H,2-6H2,1H3;3H2,1-2H3;2H,1H3;1-2H3. The number of aromatic nitrogens is 4. The van der Waals surface area contributed by atoms with E-state index in [2.05, 4.69) is 102 Å². The number of thiophene rings is 2. The first-order chi connectivity index (χ1) is 31.7. The summed E-state index contributed by atoms with van der Waals surface area (Å²) < 4.78 is 6.55. The van der Waals surface area contributed by atoms with Gasteiger partial charge in [-0.05, 0) is 67.1 Å². The Bertz CT molecular complexity index is 2450. The van der Waals surface area contributed by atoms with Gasteiger partial charge in [-0.25, -0.2) is 9.97 Å². The number of carbonyl (C=O) groups excluding carboxylic acids is 4. The number of fused-ring (bicyclic) bond motifs is 2. The quantitative estimate of drug-likeness (QED) is 0.104. The highest BCUT2D eigenvalue weighted by atomic mass is 32.1. The zero-order valence-corrected chi connectivity index (χ0v) is 40.3. The number of methoxy groups -OCH3 is 1. The lowest BCUT2D eigenvalue weighted by atomic mass is 10.0. The molecule has 15 heteroatoms. The molecule has 7 aromatic rings. The third-order valence-electron chi connectivity index (χ3n) is 10.0. The number of imidazole rings is 2. The molecule has 13 nitrogen and oxygen atoms in total. The topological polar surface area (TPSA) is 165 Å². The van der Waals surface area contributed by atoms with Crippen LogP contribution in [0.5, 0.6) is 0 Å².